The quantitative estimate of drug-likeness (QED) is 0.581. The minimum atomic E-state index is 0.768. The zero-order valence-electron chi connectivity index (χ0n) is 5.97. The summed E-state index contributed by atoms with van der Waals surface area (Å²) in [5.41, 5.74) is 0.768. The Morgan fingerprint density at radius 1 is 1.55 bits per heavy atom. The van der Waals surface area contributed by atoms with E-state index in [9.17, 15) is 0 Å². The van der Waals surface area contributed by atoms with Gasteiger partial charge < -0.3 is 0 Å². The molecule has 0 radical (unpaired) electrons. The second-order valence-electron chi connectivity index (χ2n) is 1.93. The van der Waals surface area contributed by atoms with E-state index in [2.05, 4.69) is 28.7 Å². The van der Waals surface area contributed by atoms with Crippen molar-refractivity contribution in [2.75, 3.05) is 6.26 Å². The molecule has 0 bridgehead atoms. The normalized spacial score (nSPS) is 9.18. The molecule has 1 aromatic rings. The molecule has 0 aliphatic rings. The lowest BCUT2D eigenvalue weighted by Crippen LogP contribution is -1.83. The highest BCUT2D eigenvalue weighted by molar-refractivity contribution is 14.1. The van der Waals surface area contributed by atoms with Crippen molar-refractivity contribution in [3.63, 3.8) is 0 Å². The lowest BCUT2D eigenvalue weighted by atomic mass is 10.2. The molecule has 0 aliphatic heterocycles. The van der Waals surface area contributed by atoms with Gasteiger partial charge in [-0.25, -0.2) is 0 Å². The molecule has 0 spiro atoms. The third kappa shape index (κ3) is 1.88. The summed E-state index contributed by atoms with van der Waals surface area (Å²) in [5, 5.41) is 8.71. The Kier molecular flexibility index (Phi) is 3.21. The Morgan fingerprint density at radius 3 is 2.73 bits per heavy atom. The van der Waals surface area contributed by atoms with Crippen LogP contribution < -0.4 is 0 Å². The average molecular weight is 275 g/mol. The molecule has 0 heterocycles. The highest BCUT2D eigenvalue weighted by Gasteiger charge is 2.02. The highest BCUT2D eigenvalue weighted by Crippen LogP contribution is 2.25. The predicted octanol–water partition coefficient (Wildman–Crippen LogP) is 2.88. The third-order valence-corrected chi connectivity index (χ3v) is 3.40. The molecule has 1 aromatic carbocycles. The van der Waals surface area contributed by atoms with Gasteiger partial charge in [0.25, 0.3) is 0 Å². The summed E-state index contributed by atoms with van der Waals surface area (Å²) in [4.78, 5) is 1.08. The van der Waals surface area contributed by atoms with Crippen molar-refractivity contribution in [1.29, 1.82) is 5.26 Å². The van der Waals surface area contributed by atoms with Crippen molar-refractivity contribution in [3.05, 3.63) is 27.3 Å². The fourth-order valence-electron chi connectivity index (χ4n) is 0.804. The lowest BCUT2D eigenvalue weighted by molar-refractivity contribution is 1.33. The van der Waals surface area contributed by atoms with Crippen molar-refractivity contribution < 1.29 is 0 Å². The molecule has 0 amide bonds. The first kappa shape index (κ1) is 8.88. The van der Waals surface area contributed by atoms with Gasteiger partial charge in [-0.1, -0.05) is 6.07 Å². The third-order valence-electron chi connectivity index (χ3n) is 1.29. The molecule has 1 rings (SSSR count). The number of thioether (sulfide) groups is 1. The van der Waals surface area contributed by atoms with Crippen LogP contribution in [0.25, 0.3) is 0 Å². The molecule has 0 aliphatic carbocycles. The van der Waals surface area contributed by atoms with E-state index in [4.69, 9.17) is 5.26 Å². The minimum absolute atomic E-state index is 0.768. The second kappa shape index (κ2) is 3.98. The van der Waals surface area contributed by atoms with Gasteiger partial charge in [-0.3, -0.25) is 0 Å². The van der Waals surface area contributed by atoms with Crippen LogP contribution in [0.15, 0.2) is 23.1 Å². The Labute approximate surface area is 83.9 Å². The fraction of sp³-hybridized carbons (Fsp3) is 0.125. The van der Waals surface area contributed by atoms with Crippen LogP contribution in [0.3, 0.4) is 0 Å². The molecule has 0 fully saturated rings. The molecule has 0 aromatic heterocycles. The summed E-state index contributed by atoms with van der Waals surface area (Å²) >= 11 is 3.85. The first-order valence-electron chi connectivity index (χ1n) is 3.02. The number of hydrogen-bond donors (Lipinski definition) is 0. The maximum absolute atomic E-state index is 8.71. The van der Waals surface area contributed by atoms with E-state index in [1.54, 1.807) is 11.8 Å². The number of nitriles is 1. The van der Waals surface area contributed by atoms with Crippen LogP contribution in [-0.2, 0) is 0 Å². The van der Waals surface area contributed by atoms with Crippen LogP contribution >= 0.6 is 34.4 Å². The topological polar surface area (TPSA) is 23.8 Å². The number of halogens is 1. The standard InChI is InChI=1S/C8H6INS/c1-11-8-6(5-10)3-2-4-7(8)9/h2-4H,1H3. The largest absolute Gasteiger partial charge is 0.192 e. The van der Waals surface area contributed by atoms with Crippen molar-refractivity contribution in [2.45, 2.75) is 4.90 Å². The van der Waals surface area contributed by atoms with Gasteiger partial charge in [-0.2, -0.15) is 5.26 Å². The van der Waals surface area contributed by atoms with Crippen LogP contribution in [0, 0.1) is 14.9 Å². The molecular formula is C8H6INS. The number of hydrogen-bond acceptors (Lipinski definition) is 2. The predicted molar refractivity (Wildman–Crippen MR) is 55.7 cm³/mol. The van der Waals surface area contributed by atoms with E-state index in [0.717, 1.165) is 14.0 Å². The Balaban J connectivity index is 3.27. The van der Waals surface area contributed by atoms with Crippen LogP contribution in [0.2, 0.25) is 0 Å². The van der Waals surface area contributed by atoms with Crippen LogP contribution in [0.1, 0.15) is 5.56 Å². The molecular weight excluding hydrogens is 269 g/mol. The Bertz CT molecular complexity index is 303. The average Bonchev–Trinajstić information content (AvgIpc) is 2.04. The van der Waals surface area contributed by atoms with Crippen LogP contribution in [-0.4, -0.2) is 6.26 Å². The number of rotatable bonds is 1. The van der Waals surface area contributed by atoms with Crippen molar-refractivity contribution in [1.82, 2.24) is 0 Å². The molecule has 56 valence electrons. The van der Waals surface area contributed by atoms with Gasteiger partial charge in [0.15, 0.2) is 0 Å². The lowest BCUT2D eigenvalue weighted by Gasteiger charge is -2.00. The van der Waals surface area contributed by atoms with E-state index in [1.807, 2.05) is 24.5 Å². The molecule has 11 heavy (non-hydrogen) atoms. The van der Waals surface area contributed by atoms with Gasteiger partial charge >= 0.3 is 0 Å². The number of benzene rings is 1. The summed E-state index contributed by atoms with van der Waals surface area (Å²) in [5.74, 6) is 0. The first-order chi connectivity index (χ1) is 5.29. The van der Waals surface area contributed by atoms with Gasteiger partial charge in [0, 0.05) is 8.47 Å². The molecule has 3 heteroatoms. The minimum Gasteiger partial charge on any atom is -0.192 e. The molecule has 0 unspecified atom stereocenters. The van der Waals surface area contributed by atoms with Crippen molar-refractivity contribution in [2.24, 2.45) is 0 Å². The summed E-state index contributed by atoms with van der Waals surface area (Å²) in [7, 11) is 0. The van der Waals surface area contributed by atoms with E-state index in [-0.39, 0.29) is 0 Å². The smallest absolute Gasteiger partial charge is 0.100 e. The molecule has 0 N–H and O–H groups in total. The fourth-order valence-corrected chi connectivity index (χ4v) is 2.56. The van der Waals surface area contributed by atoms with Crippen molar-refractivity contribution >= 4 is 34.4 Å². The molecule has 0 saturated heterocycles. The number of nitrogens with zero attached hydrogens (tertiary/aromatic N) is 1. The zero-order valence-corrected chi connectivity index (χ0v) is 8.94. The molecule has 1 nitrogen and oxygen atoms in total. The SMILES string of the molecule is CSc1c(I)cccc1C#N. The van der Waals surface area contributed by atoms with E-state index >= 15 is 0 Å². The second-order valence-corrected chi connectivity index (χ2v) is 3.91. The summed E-state index contributed by atoms with van der Waals surface area (Å²) in [6.07, 6.45) is 1.98. The van der Waals surface area contributed by atoms with Gasteiger partial charge in [-0.05, 0) is 41.0 Å². The monoisotopic (exact) mass is 275 g/mol. The van der Waals surface area contributed by atoms with Crippen molar-refractivity contribution in [3.8, 4) is 6.07 Å². The van der Waals surface area contributed by atoms with Gasteiger partial charge in [0.05, 0.1) is 5.56 Å². The summed E-state index contributed by atoms with van der Waals surface area (Å²) < 4.78 is 1.15. The zero-order chi connectivity index (χ0) is 8.27. The van der Waals surface area contributed by atoms with E-state index in [1.165, 1.54) is 0 Å². The van der Waals surface area contributed by atoms with Crippen LogP contribution in [0.4, 0.5) is 0 Å². The van der Waals surface area contributed by atoms with E-state index in [0.29, 0.717) is 0 Å². The van der Waals surface area contributed by atoms with Gasteiger partial charge in [0.1, 0.15) is 6.07 Å². The summed E-state index contributed by atoms with van der Waals surface area (Å²) in [6, 6.07) is 7.91. The maximum atomic E-state index is 8.71. The van der Waals surface area contributed by atoms with Gasteiger partial charge in [0.2, 0.25) is 0 Å². The maximum Gasteiger partial charge on any atom is 0.100 e. The first-order valence-corrected chi connectivity index (χ1v) is 5.32. The molecule has 0 saturated carbocycles. The Morgan fingerprint density at radius 2 is 2.27 bits per heavy atom. The summed E-state index contributed by atoms with van der Waals surface area (Å²) in [6.45, 7) is 0. The van der Waals surface area contributed by atoms with Gasteiger partial charge in [-0.15, -0.1) is 11.8 Å². The molecule has 0 atom stereocenters. The van der Waals surface area contributed by atoms with E-state index < -0.39 is 0 Å². The van der Waals surface area contributed by atoms with Crippen LogP contribution in [0.5, 0.6) is 0 Å². The highest BCUT2D eigenvalue weighted by atomic mass is 127. The Hall–Kier alpha value is -0.210.